The summed E-state index contributed by atoms with van der Waals surface area (Å²) in [5.74, 6) is -1.15. The summed E-state index contributed by atoms with van der Waals surface area (Å²) >= 11 is 0. The number of hydrogen-bond donors (Lipinski definition) is 1. The Labute approximate surface area is 111 Å². The van der Waals surface area contributed by atoms with Gasteiger partial charge in [-0.05, 0) is 25.8 Å². The topological polar surface area (TPSA) is 32.3 Å². The average Bonchev–Trinajstić information content (AvgIpc) is 2.89. The van der Waals surface area contributed by atoms with Crippen LogP contribution in [0.15, 0.2) is 18.2 Å². The van der Waals surface area contributed by atoms with Crippen molar-refractivity contribution in [2.45, 2.75) is 25.8 Å². The van der Waals surface area contributed by atoms with Crippen LogP contribution in [0, 0.1) is 11.6 Å². The molecule has 1 heterocycles. The minimum atomic E-state index is -0.596. The van der Waals surface area contributed by atoms with Gasteiger partial charge in [0.15, 0.2) is 0 Å². The fourth-order valence-electron chi connectivity index (χ4n) is 2.28. The van der Waals surface area contributed by atoms with E-state index in [1.165, 1.54) is 12.1 Å². The lowest BCUT2D eigenvalue weighted by atomic mass is 10.1. The molecule has 19 heavy (non-hydrogen) atoms. The summed E-state index contributed by atoms with van der Waals surface area (Å²) in [6.07, 6.45) is 2.10. The molecule has 0 radical (unpaired) electrons. The Morgan fingerprint density at radius 1 is 1.37 bits per heavy atom. The Morgan fingerprint density at radius 3 is 2.68 bits per heavy atom. The van der Waals surface area contributed by atoms with E-state index < -0.39 is 11.6 Å². The number of nitrogens with one attached hydrogen (secondary N) is 1. The number of halogens is 2. The lowest BCUT2D eigenvalue weighted by molar-refractivity contribution is -0.129. The van der Waals surface area contributed by atoms with Gasteiger partial charge in [0, 0.05) is 30.8 Å². The van der Waals surface area contributed by atoms with Gasteiger partial charge in [-0.15, -0.1) is 0 Å². The van der Waals surface area contributed by atoms with Gasteiger partial charge >= 0.3 is 0 Å². The minimum absolute atomic E-state index is 0.0341. The predicted octanol–water partition coefficient (Wildman–Crippen LogP) is 2.24. The predicted molar refractivity (Wildman–Crippen MR) is 68.6 cm³/mol. The number of carbonyl (C=O) groups excluding carboxylic acids is 1. The van der Waals surface area contributed by atoms with E-state index in [9.17, 15) is 13.6 Å². The van der Waals surface area contributed by atoms with E-state index in [4.69, 9.17) is 0 Å². The van der Waals surface area contributed by atoms with Crippen molar-refractivity contribution in [3.8, 4) is 0 Å². The van der Waals surface area contributed by atoms with Crippen molar-refractivity contribution in [3.63, 3.8) is 0 Å². The van der Waals surface area contributed by atoms with Crippen molar-refractivity contribution < 1.29 is 13.6 Å². The number of amides is 1. The normalized spacial score (nSPS) is 16.7. The zero-order valence-corrected chi connectivity index (χ0v) is 11.0. The number of rotatable bonds is 4. The van der Waals surface area contributed by atoms with Crippen LogP contribution in [0.1, 0.15) is 31.4 Å². The molecular weight excluding hydrogens is 250 g/mol. The van der Waals surface area contributed by atoms with E-state index >= 15 is 0 Å². The van der Waals surface area contributed by atoms with Crippen LogP contribution in [-0.2, 0) is 4.79 Å². The first-order valence-electron chi connectivity index (χ1n) is 6.54. The van der Waals surface area contributed by atoms with Crippen LogP contribution in [0.5, 0.6) is 0 Å². The second-order valence-electron chi connectivity index (χ2n) is 4.86. The van der Waals surface area contributed by atoms with Gasteiger partial charge in [0.2, 0.25) is 5.91 Å². The number of carbonyl (C=O) groups is 1. The highest BCUT2D eigenvalue weighted by Gasteiger charge is 2.19. The van der Waals surface area contributed by atoms with Crippen molar-refractivity contribution in [3.05, 3.63) is 35.4 Å². The lowest BCUT2D eigenvalue weighted by Gasteiger charge is -2.19. The second kappa shape index (κ2) is 6.10. The molecule has 1 aliphatic heterocycles. The monoisotopic (exact) mass is 268 g/mol. The molecule has 1 saturated heterocycles. The molecule has 1 unspecified atom stereocenters. The second-order valence-corrected chi connectivity index (χ2v) is 4.86. The third kappa shape index (κ3) is 3.50. The third-order valence-electron chi connectivity index (χ3n) is 3.45. The first kappa shape index (κ1) is 13.9. The fraction of sp³-hybridized carbons (Fsp3) is 0.500. The molecule has 0 bridgehead atoms. The summed E-state index contributed by atoms with van der Waals surface area (Å²) in [5.41, 5.74) is 0.371. The maximum atomic E-state index is 13.6. The number of hydrogen-bond acceptors (Lipinski definition) is 2. The zero-order chi connectivity index (χ0) is 13.8. The fourth-order valence-corrected chi connectivity index (χ4v) is 2.28. The van der Waals surface area contributed by atoms with Gasteiger partial charge in [-0.25, -0.2) is 8.78 Å². The van der Waals surface area contributed by atoms with E-state index in [0.29, 0.717) is 5.56 Å². The van der Waals surface area contributed by atoms with Crippen molar-refractivity contribution >= 4 is 5.91 Å². The van der Waals surface area contributed by atoms with Crippen LogP contribution < -0.4 is 5.32 Å². The Hall–Kier alpha value is -1.49. The molecule has 1 N–H and O–H groups in total. The van der Waals surface area contributed by atoms with Gasteiger partial charge in [-0.2, -0.15) is 0 Å². The summed E-state index contributed by atoms with van der Waals surface area (Å²) in [7, 11) is 0. The molecule has 1 aliphatic rings. The van der Waals surface area contributed by atoms with Crippen LogP contribution >= 0.6 is 0 Å². The number of nitrogens with zero attached hydrogens (tertiary/aromatic N) is 1. The molecule has 0 aromatic heterocycles. The lowest BCUT2D eigenvalue weighted by Crippen LogP contribution is -2.37. The molecule has 0 saturated carbocycles. The Bertz CT molecular complexity index is 459. The summed E-state index contributed by atoms with van der Waals surface area (Å²) in [4.78, 5) is 13.6. The maximum Gasteiger partial charge on any atom is 0.236 e. The molecule has 3 nitrogen and oxygen atoms in total. The third-order valence-corrected chi connectivity index (χ3v) is 3.45. The van der Waals surface area contributed by atoms with Crippen molar-refractivity contribution in [2.24, 2.45) is 0 Å². The highest BCUT2D eigenvalue weighted by molar-refractivity contribution is 5.78. The molecule has 104 valence electrons. The Morgan fingerprint density at radius 2 is 2.05 bits per heavy atom. The quantitative estimate of drug-likeness (QED) is 0.908. The van der Waals surface area contributed by atoms with E-state index in [1.54, 1.807) is 11.8 Å². The first-order chi connectivity index (χ1) is 9.08. The maximum absolute atomic E-state index is 13.6. The minimum Gasteiger partial charge on any atom is -0.342 e. The van der Waals surface area contributed by atoms with E-state index in [2.05, 4.69) is 5.32 Å². The molecule has 0 spiro atoms. The zero-order valence-electron chi connectivity index (χ0n) is 11.0. The summed E-state index contributed by atoms with van der Waals surface area (Å²) < 4.78 is 26.4. The highest BCUT2D eigenvalue weighted by Crippen LogP contribution is 2.17. The van der Waals surface area contributed by atoms with Gasteiger partial charge < -0.3 is 10.2 Å². The van der Waals surface area contributed by atoms with Crippen LogP contribution in [-0.4, -0.2) is 30.4 Å². The molecule has 0 aliphatic carbocycles. The standard InChI is InChI=1S/C14H18F2N2O/c1-10(12-5-4-11(15)8-13(12)16)17-9-14(19)18-6-2-3-7-18/h4-5,8,10,17H,2-3,6-7,9H2,1H3. The largest absolute Gasteiger partial charge is 0.342 e. The molecular formula is C14H18F2N2O. The Balaban J connectivity index is 1.89. The molecule has 1 atom stereocenters. The summed E-state index contributed by atoms with van der Waals surface area (Å²) in [6.45, 7) is 3.55. The molecule has 1 amide bonds. The smallest absolute Gasteiger partial charge is 0.236 e. The molecule has 1 aromatic rings. The van der Waals surface area contributed by atoms with E-state index in [0.717, 1.165) is 32.0 Å². The van der Waals surface area contributed by atoms with Gasteiger partial charge in [-0.1, -0.05) is 6.07 Å². The van der Waals surface area contributed by atoms with E-state index in [-0.39, 0.29) is 18.5 Å². The van der Waals surface area contributed by atoms with Gasteiger partial charge in [0.25, 0.3) is 0 Å². The number of benzene rings is 1. The molecule has 1 aromatic carbocycles. The van der Waals surface area contributed by atoms with Crippen LogP contribution in [0.4, 0.5) is 8.78 Å². The molecule has 2 rings (SSSR count). The summed E-state index contributed by atoms with van der Waals surface area (Å²) in [6, 6.07) is 3.16. The summed E-state index contributed by atoms with van der Waals surface area (Å²) in [5, 5.41) is 2.98. The van der Waals surface area contributed by atoms with Crippen molar-refractivity contribution in [2.75, 3.05) is 19.6 Å². The number of likely N-dealkylation sites (tertiary alicyclic amines) is 1. The van der Waals surface area contributed by atoms with Gasteiger partial charge in [0.1, 0.15) is 11.6 Å². The SMILES string of the molecule is CC(NCC(=O)N1CCCC1)c1ccc(F)cc1F. The highest BCUT2D eigenvalue weighted by atomic mass is 19.1. The van der Waals surface area contributed by atoms with Gasteiger partial charge in [0.05, 0.1) is 6.54 Å². The first-order valence-corrected chi connectivity index (χ1v) is 6.54. The van der Waals surface area contributed by atoms with Crippen LogP contribution in [0.3, 0.4) is 0 Å². The van der Waals surface area contributed by atoms with E-state index in [1.807, 2.05) is 0 Å². The van der Waals surface area contributed by atoms with Crippen LogP contribution in [0.2, 0.25) is 0 Å². The van der Waals surface area contributed by atoms with Crippen molar-refractivity contribution in [1.82, 2.24) is 10.2 Å². The Kier molecular flexibility index (Phi) is 4.47. The average molecular weight is 268 g/mol. The molecule has 1 fully saturated rings. The van der Waals surface area contributed by atoms with Gasteiger partial charge in [-0.3, -0.25) is 4.79 Å². The molecule has 5 heteroatoms. The van der Waals surface area contributed by atoms with Crippen LogP contribution in [0.25, 0.3) is 0 Å². The van der Waals surface area contributed by atoms with Crippen molar-refractivity contribution in [1.29, 1.82) is 0 Å².